The van der Waals surface area contributed by atoms with E-state index in [-0.39, 0.29) is 17.9 Å². The van der Waals surface area contributed by atoms with Gasteiger partial charge in [0.15, 0.2) is 0 Å². The average Bonchev–Trinajstić information content (AvgIpc) is 2.55. The second-order valence-corrected chi connectivity index (χ2v) is 6.35. The summed E-state index contributed by atoms with van der Waals surface area (Å²) in [6.07, 6.45) is 3.69. The molecule has 2 aliphatic rings. The van der Waals surface area contributed by atoms with Crippen LogP contribution in [0.3, 0.4) is 0 Å². The number of hydrogen-bond donors (Lipinski definition) is 0. The molecule has 0 N–H and O–H groups in total. The van der Waals surface area contributed by atoms with Crippen LogP contribution in [0.1, 0.15) is 19.8 Å². The number of carbonyl (C=O) groups excluding carboxylic acids is 1. The largest absolute Gasteiger partial charge is 0.378 e. The molecule has 22 heavy (non-hydrogen) atoms. The molecule has 2 aliphatic heterocycles. The highest BCUT2D eigenvalue weighted by Crippen LogP contribution is 2.26. The summed E-state index contributed by atoms with van der Waals surface area (Å²) in [4.78, 5) is 21.1. The first-order valence-corrected chi connectivity index (χ1v) is 8.30. The number of amides is 1. The molecule has 2 atom stereocenters. The molecular weight excluding hydrogens is 302 g/mol. The molecule has 5 nitrogen and oxygen atoms in total. The molecule has 2 saturated heterocycles. The van der Waals surface area contributed by atoms with Gasteiger partial charge < -0.3 is 14.5 Å². The van der Waals surface area contributed by atoms with Gasteiger partial charge in [-0.1, -0.05) is 11.6 Å². The standard InChI is InChI=1S/C16H22ClN3O2/c1-12-13(4-3-11-22-12)16(21)20-9-7-19(8-10-20)15-14(17)5-2-6-18-15/h2,5-6,12-13H,3-4,7-11H2,1H3/t12-,13+/m1/s1. The molecule has 0 spiro atoms. The third-order valence-corrected chi connectivity index (χ3v) is 4.85. The first-order chi connectivity index (χ1) is 10.7. The van der Waals surface area contributed by atoms with Crippen LogP contribution in [0.15, 0.2) is 18.3 Å². The van der Waals surface area contributed by atoms with Crippen LogP contribution in [0, 0.1) is 5.92 Å². The van der Waals surface area contributed by atoms with E-state index in [0.29, 0.717) is 5.02 Å². The second kappa shape index (κ2) is 6.84. The smallest absolute Gasteiger partial charge is 0.228 e. The number of carbonyl (C=O) groups is 1. The molecule has 0 radical (unpaired) electrons. The van der Waals surface area contributed by atoms with Gasteiger partial charge >= 0.3 is 0 Å². The van der Waals surface area contributed by atoms with E-state index in [1.165, 1.54) is 0 Å². The SMILES string of the molecule is C[C@H]1OCCC[C@@H]1C(=O)N1CCN(c2ncccc2Cl)CC1. The van der Waals surface area contributed by atoms with Gasteiger partial charge in [-0.25, -0.2) is 4.98 Å². The van der Waals surface area contributed by atoms with Crippen LogP contribution in [-0.2, 0) is 9.53 Å². The summed E-state index contributed by atoms with van der Waals surface area (Å²) < 4.78 is 5.62. The summed E-state index contributed by atoms with van der Waals surface area (Å²) in [6, 6.07) is 3.68. The number of piperazine rings is 1. The molecule has 1 aromatic heterocycles. The second-order valence-electron chi connectivity index (χ2n) is 5.95. The molecule has 2 fully saturated rings. The van der Waals surface area contributed by atoms with Crippen LogP contribution in [0.4, 0.5) is 5.82 Å². The Balaban J connectivity index is 1.59. The number of pyridine rings is 1. The molecule has 120 valence electrons. The third-order valence-electron chi connectivity index (χ3n) is 4.55. The van der Waals surface area contributed by atoms with Crippen molar-refractivity contribution in [2.24, 2.45) is 5.92 Å². The first kappa shape index (κ1) is 15.6. The Kier molecular flexibility index (Phi) is 4.84. The summed E-state index contributed by atoms with van der Waals surface area (Å²) in [5.41, 5.74) is 0. The lowest BCUT2D eigenvalue weighted by atomic mass is 9.93. The van der Waals surface area contributed by atoms with Crippen molar-refractivity contribution in [1.82, 2.24) is 9.88 Å². The summed E-state index contributed by atoms with van der Waals surface area (Å²) in [7, 11) is 0. The maximum absolute atomic E-state index is 12.7. The molecule has 0 unspecified atom stereocenters. The van der Waals surface area contributed by atoms with Crippen molar-refractivity contribution in [2.75, 3.05) is 37.7 Å². The van der Waals surface area contributed by atoms with Crippen molar-refractivity contribution < 1.29 is 9.53 Å². The lowest BCUT2D eigenvalue weighted by Gasteiger charge is -2.39. The fraction of sp³-hybridized carbons (Fsp3) is 0.625. The molecule has 0 bridgehead atoms. The van der Waals surface area contributed by atoms with Crippen molar-refractivity contribution in [3.05, 3.63) is 23.4 Å². The van der Waals surface area contributed by atoms with E-state index in [1.807, 2.05) is 24.0 Å². The van der Waals surface area contributed by atoms with E-state index in [9.17, 15) is 4.79 Å². The fourth-order valence-electron chi connectivity index (χ4n) is 3.23. The number of ether oxygens (including phenoxy) is 1. The van der Waals surface area contributed by atoms with E-state index in [1.54, 1.807) is 6.20 Å². The van der Waals surface area contributed by atoms with Gasteiger partial charge in [-0.3, -0.25) is 4.79 Å². The van der Waals surface area contributed by atoms with Gasteiger partial charge in [0.2, 0.25) is 5.91 Å². The minimum atomic E-state index is 0.0127. The van der Waals surface area contributed by atoms with Crippen molar-refractivity contribution in [3.63, 3.8) is 0 Å². The molecule has 0 saturated carbocycles. The molecule has 3 heterocycles. The van der Waals surface area contributed by atoms with Crippen LogP contribution in [-0.4, -0.2) is 54.7 Å². The predicted octanol–water partition coefficient (Wildman–Crippen LogP) is 2.20. The first-order valence-electron chi connectivity index (χ1n) is 7.92. The Labute approximate surface area is 136 Å². The van der Waals surface area contributed by atoms with Crippen molar-refractivity contribution >= 4 is 23.3 Å². The van der Waals surface area contributed by atoms with E-state index in [4.69, 9.17) is 16.3 Å². The van der Waals surface area contributed by atoms with Gasteiger partial charge in [0, 0.05) is 39.0 Å². The molecule has 1 amide bonds. The Morgan fingerprint density at radius 2 is 2.14 bits per heavy atom. The summed E-state index contributed by atoms with van der Waals surface area (Å²) in [5.74, 6) is 1.06. The Morgan fingerprint density at radius 1 is 1.36 bits per heavy atom. The Bertz CT molecular complexity index is 532. The monoisotopic (exact) mass is 323 g/mol. The maximum atomic E-state index is 12.7. The van der Waals surface area contributed by atoms with Crippen molar-refractivity contribution in [3.8, 4) is 0 Å². The molecule has 1 aromatic rings. The van der Waals surface area contributed by atoms with Gasteiger partial charge in [0.25, 0.3) is 0 Å². The number of anilines is 1. The maximum Gasteiger partial charge on any atom is 0.228 e. The fourth-order valence-corrected chi connectivity index (χ4v) is 3.47. The van der Waals surface area contributed by atoms with E-state index >= 15 is 0 Å². The lowest BCUT2D eigenvalue weighted by molar-refractivity contribution is -0.144. The van der Waals surface area contributed by atoms with Gasteiger partial charge in [-0.05, 0) is 31.9 Å². The molecule has 3 rings (SSSR count). The van der Waals surface area contributed by atoms with Gasteiger partial charge in [0.05, 0.1) is 17.0 Å². The Hall–Kier alpha value is -1.33. The highest BCUT2D eigenvalue weighted by atomic mass is 35.5. The van der Waals surface area contributed by atoms with E-state index < -0.39 is 0 Å². The highest BCUT2D eigenvalue weighted by Gasteiger charge is 2.33. The number of hydrogen-bond acceptors (Lipinski definition) is 4. The summed E-state index contributed by atoms with van der Waals surface area (Å²) in [6.45, 7) is 5.75. The van der Waals surface area contributed by atoms with E-state index in [0.717, 1.165) is 51.4 Å². The minimum Gasteiger partial charge on any atom is -0.378 e. The molecule has 6 heteroatoms. The number of halogens is 1. The normalized spacial score (nSPS) is 26.1. The van der Waals surface area contributed by atoms with Gasteiger partial charge in [0.1, 0.15) is 5.82 Å². The predicted molar refractivity (Wildman–Crippen MR) is 86.2 cm³/mol. The zero-order chi connectivity index (χ0) is 15.5. The quantitative estimate of drug-likeness (QED) is 0.837. The number of rotatable bonds is 2. The zero-order valence-corrected chi connectivity index (χ0v) is 13.6. The van der Waals surface area contributed by atoms with Crippen molar-refractivity contribution in [2.45, 2.75) is 25.9 Å². The van der Waals surface area contributed by atoms with Crippen LogP contribution in [0.25, 0.3) is 0 Å². The van der Waals surface area contributed by atoms with Gasteiger partial charge in [-0.2, -0.15) is 0 Å². The summed E-state index contributed by atoms with van der Waals surface area (Å²) in [5, 5.41) is 0.663. The lowest BCUT2D eigenvalue weighted by Crippen LogP contribution is -2.52. The van der Waals surface area contributed by atoms with Crippen molar-refractivity contribution in [1.29, 1.82) is 0 Å². The third kappa shape index (κ3) is 3.20. The topological polar surface area (TPSA) is 45.7 Å². The summed E-state index contributed by atoms with van der Waals surface area (Å²) >= 11 is 6.20. The highest BCUT2D eigenvalue weighted by molar-refractivity contribution is 6.32. The van der Waals surface area contributed by atoms with Gasteiger partial charge in [-0.15, -0.1) is 0 Å². The number of nitrogens with zero attached hydrogens (tertiary/aromatic N) is 3. The van der Waals surface area contributed by atoms with Crippen LogP contribution in [0.2, 0.25) is 5.02 Å². The zero-order valence-electron chi connectivity index (χ0n) is 12.9. The Morgan fingerprint density at radius 3 is 2.82 bits per heavy atom. The molecule has 0 aromatic carbocycles. The van der Waals surface area contributed by atoms with E-state index in [2.05, 4.69) is 9.88 Å². The van der Waals surface area contributed by atoms with Crippen LogP contribution >= 0.6 is 11.6 Å². The molecule has 0 aliphatic carbocycles. The average molecular weight is 324 g/mol. The number of aromatic nitrogens is 1. The van der Waals surface area contributed by atoms with Crippen LogP contribution in [0.5, 0.6) is 0 Å². The minimum absolute atomic E-state index is 0.0127. The van der Waals surface area contributed by atoms with Crippen LogP contribution < -0.4 is 4.90 Å². The molecular formula is C16H22ClN3O2.